The van der Waals surface area contributed by atoms with Gasteiger partial charge in [-0.2, -0.15) is 0 Å². The zero-order valence-corrected chi connectivity index (χ0v) is 20.1. The second kappa shape index (κ2) is 8.71. The first-order chi connectivity index (χ1) is 17.5. The van der Waals surface area contributed by atoms with Crippen LogP contribution >= 0.6 is 0 Å². The summed E-state index contributed by atoms with van der Waals surface area (Å²) in [5.74, 6) is 0.704. The van der Waals surface area contributed by atoms with Crippen molar-refractivity contribution in [2.45, 2.75) is 19.9 Å². The van der Waals surface area contributed by atoms with Crippen molar-refractivity contribution in [1.29, 1.82) is 0 Å². The SMILES string of the molecule is Cc1cccc(C(=O)N2CCN(c3nc4ccccc4c4nnc(-c5ccccc5F)n34)C[C@H]2C)c1. The van der Waals surface area contributed by atoms with Crippen molar-refractivity contribution in [3.8, 4) is 11.4 Å². The standard InChI is InChI=1S/C28H25FN6O/c1-18-8-7-9-20(16-18)27(36)34-15-14-33(17-19(34)2)28-30-24-13-6-4-11-22(24)26-32-31-25(35(26)28)21-10-3-5-12-23(21)29/h3-13,16,19H,14-15,17H2,1-2H3/t19-/m1/s1. The van der Waals surface area contributed by atoms with Gasteiger partial charge in [0.15, 0.2) is 11.5 Å². The molecular formula is C28H25FN6O. The number of carbonyl (C=O) groups excluding carboxylic acids is 1. The molecule has 7 nitrogen and oxygen atoms in total. The van der Waals surface area contributed by atoms with Gasteiger partial charge in [-0.3, -0.25) is 4.79 Å². The van der Waals surface area contributed by atoms with Crippen LogP contribution in [0.3, 0.4) is 0 Å². The van der Waals surface area contributed by atoms with Crippen LogP contribution in [0, 0.1) is 12.7 Å². The number of para-hydroxylation sites is 1. The molecule has 1 aliphatic rings. The molecule has 1 fully saturated rings. The summed E-state index contributed by atoms with van der Waals surface area (Å²) in [5.41, 5.74) is 3.54. The average molecular weight is 481 g/mol. The normalized spacial score (nSPS) is 16.1. The summed E-state index contributed by atoms with van der Waals surface area (Å²) in [7, 11) is 0. The number of rotatable bonds is 3. The average Bonchev–Trinajstić information content (AvgIpc) is 3.33. The van der Waals surface area contributed by atoms with E-state index in [0.29, 0.717) is 48.2 Å². The smallest absolute Gasteiger partial charge is 0.254 e. The molecule has 5 aromatic rings. The van der Waals surface area contributed by atoms with Gasteiger partial charge >= 0.3 is 0 Å². The number of aryl methyl sites for hydroxylation is 1. The van der Waals surface area contributed by atoms with E-state index >= 15 is 0 Å². The fourth-order valence-corrected chi connectivity index (χ4v) is 4.98. The molecule has 0 bridgehead atoms. The van der Waals surface area contributed by atoms with E-state index in [9.17, 15) is 9.18 Å². The zero-order valence-electron chi connectivity index (χ0n) is 20.1. The molecule has 1 saturated heterocycles. The van der Waals surface area contributed by atoms with E-state index in [4.69, 9.17) is 4.98 Å². The number of aromatic nitrogens is 4. The predicted molar refractivity (Wildman–Crippen MR) is 138 cm³/mol. The van der Waals surface area contributed by atoms with Crippen molar-refractivity contribution in [1.82, 2.24) is 24.5 Å². The number of halogens is 1. The van der Waals surface area contributed by atoms with E-state index in [1.54, 1.807) is 18.2 Å². The summed E-state index contributed by atoms with van der Waals surface area (Å²) >= 11 is 0. The highest BCUT2D eigenvalue weighted by molar-refractivity contribution is 5.95. The van der Waals surface area contributed by atoms with Gasteiger partial charge in [-0.1, -0.05) is 42.0 Å². The van der Waals surface area contributed by atoms with E-state index in [2.05, 4.69) is 15.1 Å². The summed E-state index contributed by atoms with van der Waals surface area (Å²) < 4.78 is 16.6. The van der Waals surface area contributed by atoms with Crippen molar-refractivity contribution in [2.24, 2.45) is 0 Å². The fraction of sp³-hybridized carbons (Fsp3) is 0.214. The molecule has 3 aromatic carbocycles. The molecule has 6 rings (SSSR count). The maximum absolute atomic E-state index is 14.8. The quantitative estimate of drug-likeness (QED) is 0.373. The molecule has 2 aromatic heterocycles. The third-order valence-corrected chi connectivity index (χ3v) is 6.78. The Morgan fingerprint density at radius 1 is 0.972 bits per heavy atom. The minimum atomic E-state index is -0.368. The Hall–Kier alpha value is -4.33. The number of anilines is 1. The van der Waals surface area contributed by atoms with Crippen molar-refractivity contribution in [3.63, 3.8) is 0 Å². The third kappa shape index (κ3) is 3.66. The van der Waals surface area contributed by atoms with E-state index in [-0.39, 0.29) is 17.8 Å². The summed E-state index contributed by atoms with van der Waals surface area (Å²) in [6.07, 6.45) is 0. The van der Waals surface area contributed by atoms with Crippen molar-refractivity contribution >= 4 is 28.4 Å². The van der Waals surface area contributed by atoms with Crippen LogP contribution in [0.5, 0.6) is 0 Å². The summed E-state index contributed by atoms with van der Waals surface area (Å²) in [6, 6.07) is 21.9. The molecule has 1 amide bonds. The number of carbonyl (C=O) groups is 1. The first-order valence-corrected chi connectivity index (χ1v) is 12.0. The molecule has 180 valence electrons. The van der Waals surface area contributed by atoms with Crippen LogP contribution in [0.25, 0.3) is 27.9 Å². The number of piperazine rings is 1. The largest absolute Gasteiger partial charge is 0.338 e. The number of fused-ring (bicyclic) bond motifs is 3. The number of benzene rings is 3. The van der Waals surface area contributed by atoms with Gasteiger partial charge < -0.3 is 9.80 Å². The van der Waals surface area contributed by atoms with Crippen LogP contribution in [-0.2, 0) is 0 Å². The van der Waals surface area contributed by atoms with Gasteiger partial charge in [0.1, 0.15) is 5.82 Å². The van der Waals surface area contributed by atoms with Crippen molar-refractivity contribution in [2.75, 3.05) is 24.5 Å². The Labute approximate surface area is 207 Å². The molecule has 3 heterocycles. The van der Waals surface area contributed by atoms with Gasteiger partial charge in [-0.25, -0.2) is 13.8 Å². The van der Waals surface area contributed by atoms with E-state index in [1.165, 1.54) is 6.07 Å². The van der Waals surface area contributed by atoms with Gasteiger partial charge in [0, 0.05) is 36.6 Å². The molecule has 1 aliphatic heterocycles. The molecule has 8 heteroatoms. The second-order valence-electron chi connectivity index (χ2n) is 9.25. The maximum atomic E-state index is 14.8. The van der Waals surface area contributed by atoms with Gasteiger partial charge in [0.2, 0.25) is 5.95 Å². The Kier molecular flexibility index (Phi) is 5.36. The molecule has 36 heavy (non-hydrogen) atoms. The lowest BCUT2D eigenvalue weighted by atomic mass is 10.1. The fourth-order valence-electron chi connectivity index (χ4n) is 4.98. The molecule has 0 spiro atoms. The van der Waals surface area contributed by atoms with E-state index in [0.717, 1.165) is 16.5 Å². The molecular weight excluding hydrogens is 455 g/mol. The van der Waals surface area contributed by atoms with E-state index in [1.807, 2.05) is 71.7 Å². The Balaban J connectivity index is 1.42. The molecule has 0 aliphatic carbocycles. The van der Waals surface area contributed by atoms with Crippen LogP contribution in [0.2, 0.25) is 0 Å². The topological polar surface area (TPSA) is 66.6 Å². The molecule has 0 N–H and O–H groups in total. The van der Waals surface area contributed by atoms with Gasteiger partial charge in [-0.15, -0.1) is 10.2 Å². The predicted octanol–water partition coefficient (Wildman–Crippen LogP) is 4.74. The van der Waals surface area contributed by atoms with Gasteiger partial charge in [0.25, 0.3) is 5.91 Å². The first kappa shape index (κ1) is 22.2. The number of nitrogens with zero attached hydrogens (tertiary/aromatic N) is 6. The van der Waals surface area contributed by atoms with Crippen molar-refractivity contribution < 1.29 is 9.18 Å². The Morgan fingerprint density at radius 3 is 2.58 bits per heavy atom. The second-order valence-corrected chi connectivity index (χ2v) is 9.25. The van der Waals surface area contributed by atoms with Crippen LogP contribution in [0.1, 0.15) is 22.8 Å². The molecule has 0 radical (unpaired) electrons. The van der Waals surface area contributed by atoms with Gasteiger partial charge in [-0.05, 0) is 50.2 Å². The molecule has 1 atom stereocenters. The van der Waals surface area contributed by atoms with Crippen molar-refractivity contribution in [3.05, 3.63) is 89.7 Å². The number of amides is 1. The first-order valence-electron chi connectivity index (χ1n) is 12.0. The third-order valence-electron chi connectivity index (χ3n) is 6.78. The summed E-state index contributed by atoms with van der Waals surface area (Å²) in [5, 5.41) is 9.67. The lowest BCUT2D eigenvalue weighted by Crippen LogP contribution is -2.54. The lowest BCUT2D eigenvalue weighted by Gasteiger charge is -2.40. The van der Waals surface area contributed by atoms with E-state index < -0.39 is 0 Å². The summed E-state index contributed by atoms with van der Waals surface area (Å²) in [6.45, 7) is 5.73. The molecule has 0 unspecified atom stereocenters. The van der Waals surface area contributed by atoms with Crippen LogP contribution in [0.15, 0.2) is 72.8 Å². The number of hydrogen-bond acceptors (Lipinski definition) is 5. The highest BCUT2D eigenvalue weighted by atomic mass is 19.1. The van der Waals surface area contributed by atoms with Crippen LogP contribution in [-0.4, -0.2) is 56.1 Å². The van der Waals surface area contributed by atoms with Crippen LogP contribution < -0.4 is 4.90 Å². The highest BCUT2D eigenvalue weighted by Gasteiger charge is 2.31. The lowest BCUT2D eigenvalue weighted by molar-refractivity contribution is 0.0673. The maximum Gasteiger partial charge on any atom is 0.254 e. The summed E-state index contributed by atoms with van der Waals surface area (Å²) in [4.78, 5) is 22.3. The zero-order chi connectivity index (χ0) is 24.8. The Morgan fingerprint density at radius 2 is 1.78 bits per heavy atom. The van der Waals surface area contributed by atoms with Crippen LogP contribution in [0.4, 0.5) is 10.3 Å². The minimum Gasteiger partial charge on any atom is -0.338 e. The minimum absolute atomic E-state index is 0.0267. The Bertz CT molecular complexity index is 1610. The monoisotopic (exact) mass is 480 g/mol. The number of hydrogen-bond donors (Lipinski definition) is 0. The molecule has 0 saturated carbocycles. The highest BCUT2D eigenvalue weighted by Crippen LogP contribution is 2.30. The van der Waals surface area contributed by atoms with Gasteiger partial charge in [0.05, 0.1) is 11.1 Å².